The van der Waals surface area contributed by atoms with Crippen molar-refractivity contribution >= 4 is 10.1 Å². The Balaban J connectivity index is 2.13. The van der Waals surface area contributed by atoms with E-state index in [1.807, 2.05) is 26.0 Å². The number of pyridine rings is 1. The first-order valence-corrected chi connectivity index (χ1v) is 10.5. The van der Waals surface area contributed by atoms with E-state index < -0.39 is 10.1 Å². The molecule has 0 spiro atoms. The van der Waals surface area contributed by atoms with Gasteiger partial charge in [0.25, 0.3) is 0 Å². The van der Waals surface area contributed by atoms with Gasteiger partial charge in [-0.2, -0.15) is 8.42 Å². The van der Waals surface area contributed by atoms with E-state index >= 15 is 0 Å². The minimum Gasteiger partial charge on any atom is -0.378 e. The van der Waals surface area contributed by atoms with Crippen LogP contribution in [0, 0.1) is 0 Å². The van der Waals surface area contributed by atoms with Crippen LogP contribution in [0.5, 0.6) is 5.75 Å². The molecular weight excluding hydrogens is 376 g/mol. The minimum absolute atomic E-state index is 0.0756. The van der Waals surface area contributed by atoms with Crippen LogP contribution in [0.1, 0.15) is 36.8 Å². The summed E-state index contributed by atoms with van der Waals surface area (Å²) in [6.45, 7) is 4.52. The van der Waals surface area contributed by atoms with Gasteiger partial charge in [0, 0.05) is 18.8 Å². The van der Waals surface area contributed by atoms with Gasteiger partial charge in [-0.15, -0.1) is 0 Å². The molecule has 0 aliphatic carbocycles. The number of imidazole rings is 1. The topological polar surface area (TPSA) is 100 Å². The van der Waals surface area contributed by atoms with Gasteiger partial charge in [0.1, 0.15) is 11.6 Å². The first-order chi connectivity index (χ1) is 13.4. The van der Waals surface area contributed by atoms with Gasteiger partial charge in [0.2, 0.25) is 0 Å². The molecule has 0 unspecified atom stereocenters. The third kappa shape index (κ3) is 4.40. The summed E-state index contributed by atoms with van der Waals surface area (Å²) in [5.41, 5.74) is 7.14. The van der Waals surface area contributed by atoms with Crippen LogP contribution in [-0.2, 0) is 23.1 Å². The summed E-state index contributed by atoms with van der Waals surface area (Å²) in [5.74, 6) is 0.784. The van der Waals surface area contributed by atoms with E-state index in [1.54, 1.807) is 47.3 Å². The fourth-order valence-corrected chi connectivity index (χ4v) is 4.36. The Morgan fingerprint density at radius 1 is 1.11 bits per heavy atom. The van der Waals surface area contributed by atoms with Crippen LogP contribution in [0.25, 0.3) is 0 Å². The molecular formula is C20H24N4O3S. The van der Waals surface area contributed by atoms with Crippen molar-refractivity contribution in [1.29, 1.82) is 0 Å². The highest BCUT2D eigenvalue weighted by Crippen LogP contribution is 2.28. The lowest BCUT2D eigenvalue weighted by molar-refractivity contribution is 0.471. The molecule has 0 radical (unpaired) electrons. The van der Waals surface area contributed by atoms with E-state index in [4.69, 9.17) is 9.92 Å². The van der Waals surface area contributed by atoms with Crippen molar-refractivity contribution in [2.75, 3.05) is 6.54 Å². The highest BCUT2D eigenvalue weighted by atomic mass is 32.2. The number of rotatable bonds is 8. The predicted octanol–water partition coefficient (Wildman–Crippen LogP) is 2.72. The molecule has 2 aromatic heterocycles. The van der Waals surface area contributed by atoms with Crippen LogP contribution in [0.15, 0.2) is 59.9 Å². The van der Waals surface area contributed by atoms with E-state index in [2.05, 4.69) is 9.97 Å². The number of aromatic nitrogens is 3. The number of nitrogens with zero attached hydrogens (tertiary/aromatic N) is 3. The van der Waals surface area contributed by atoms with E-state index in [0.717, 1.165) is 5.56 Å². The molecule has 3 rings (SSSR count). The summed E-state index contributed by atoms with van der Waals surface area (Å²) in [6.07, 6.45) is 3.81. The summed E-state index contributed by atoms with van der Waals surface area (Å²) >= 11 is 0. The first-order valence-electron chi connectivity index (χ1n) is 9.10. The van der Waals surface area contributed by atoms with Gasteiger partial charge >= 0.3 is 10.1 Å². The molecule has 1 aromatic carbocycles. The number of hydrogen-bond donors (Lipinski definition) is 1. The normalized spacial score (nSPS) is 11.7. The summed E-state index contributed by atoms with van der Waals surface area (Å²) < 4.78 is 33.6. The third-order valence-electron chi connectivity index (χ3n) is 4.22. The van der Waals surface area contributed by atoms with Gasteiger partial charge in [-0.3, -0.25) is 4.98 Å². The summed E-state index contributed by atoms with van der Waals surface area (Å²) in [5, 5.41) is 0.0756. The Labute approximate surface area is 165 Å². The fourth-order valence-electron chi connectivity index (χ4n) is 2.94. The maximum Gasteiger partial charge on any atom is 0.357 e. The quantitative estimate of drug-likeness (QED) is 0.584. The van der Waals surface area contributed by atoms with E-state index in [-0.39, 0.29) is 16.7 Å². The van der Waals surface area contributed by atoms with Gasteiger partial charge in [0.05, 0.1) is 12.2 Å². The summed E-state index contributed by atoms with van der Waals surface area (Å²) in [7, 11) is -4.09. The Morgan fingerprint density at radius 3 is 2.39 bits per heavy atom. The largest absolute Gasteiger partial charge is 0.378 e. The summed E-state index contributed by atoms with van der Waals surface area (Å²) in [4.78, 5) is 8.63. The molecule has 0 amide bonds. The lowest BCUT2D eigenvalue weighted by Crippen LogP contribution is -2.19. The van der Waals surface area contributed by atoms with Crippen LogP contribution in [0.3, 0.4) is 0 Å². The van der Waals surface area contributed by atoms with Crippen molar-refractivity contribution in [3.63, 3.8) is 0 Å². The lowest BCUT2D eigenvalue weighted by atomic mass is 10.1. The van der Waals surface area contributed by atoms with Gasteiger partial charge in [-0.25, -0.2) is 4.98 Å². The molecule has 0 saturated carbocycles. The van der Waals surface area contributed by atoms with Crippen molar-refractivity contribution in [2.45, 2.75) is 37.8 Å². The lowest BCUT2D eigenvalue weighted by Gasteiger charge is -2.14. The molecule has 3 aromatic rings. The molecule has 2 N–H and O–H groups in total. The fraction of sp³-hybridized carbons (Fsp3) is 0.300. The molecule has 0 aliphatic heterocycles. The Bertz CT molecular complexity index is 1020. The second kappa shape index (κ2) is 8.53. The Hall–Kier alpha value is -2.71. The minimum atomic E-state index is -4.09. The van der Waals surface area contributed by atoms with Crippen LogP contribution in [0.4, 0.5) is 0 Å². The van der Waals surface area contributed by atoms with Gasteiger partial charge < -0.3 is 14.5 Å². The molecule has 28 heavy (non-hydrogen) atoms. The highest BCUT2D eigenvalue weighted by molar-refractivity contribution is 7.87. The standard InChI is InChI=1S/C20H24N4O3S/c1-15(2)19-20(28(25,26)27-17-6-4-3-5-7-17)24(18(23-19)8-11-21)14-16-9-12-22-13-10-16/h3-7,9-10,12-13,15H,8,11,14,21H2,1-2H3. The maximum absolute atomic E-state index is 13.2. The molecule has 7 nitrogen and oxygen atoms in total. The molecule has 148 valence electrons. The number of para-hydroxylation sites is 1. The van der Waals surface area contributed by atoms with Crippen LogP contribution in [0.2, 0.25) is 0 Å². The van der Waals surface area contributed by atoms with Crippen LogP contribution < -0.4 is 9.92 Å². The third-order valence-corrected chi connectivity index (χ3v) is 5.53. The second-order valence-electron chi connectivity index (χ2n) is 6.70. The van der Waals surface area contributed by atoms with Crippen molar-refractivity contribution in [3.8, 4) is 5.75 Å². The van der Waals surface area contributed by atoms with E-state index in [9.17, 15) is 8.42 Å². The zero-order valence-corrected chi connectivity index (χ0v) is 16.8. The maximum atomic E-state index is 13.2. The smallest absolute Gasteiger partial charge is 0.357 e. The zero-order chi connectivity index (χ0) is 20.1. The summed E-state index contributed by atoms with van der Waals surface area (Å²) in [6, 6.07) is 12.1. The molecule has 0 saturated heterocycles. The molecule has 0 fully saturated rings. The molecule has 8 heteroatoms. The second-order valence-corrected chi connectivity index (χ2v) is 8.17. The van der Waals surface area contributed by atoms with Gasteiger partial charge in [-0.1, -0.05) is 32.0 Å². The van der Waals surface area contributed by atoms with Gasteiger partial charge in [0.15, 0.2) is 5.03 Å². The molecule has 2 heterocycles. The average Bonchev–Trinajstić information content (AvgIpc) is 3.03. The number of hydrogen-bond acceptors (Lipinski definition) is 6. The highest BCUT2D eigenvalue weighted by Gasteiger charge is 2.31. The van der Waals surface area contributed by atoms with Crippen molar-refractivity contribution in [1.82, 2.24) is 14.5 Å². The number of nitrogens with two attached hydrogens (primary N) is 1. The van der Waals surface area contributed by atoms with E-state index in [1.165, 1.54) is 0 Å². The van der Waals surface area contributed by atoms with Crippen molar-refractivity contribution in [3.05, 3.63) is 71.9 Å². The van der Waals surface area contributed by atoms with E-state index in [0.29, 0.717) is 31.0 Å². The zero-order valence-electron chi connectivity index (χ0n) is 15.9. The molecule has 0 aliphatic rings. The average molecular weight is 401 g/mol. The van der Waals surface area contributed by atoms with Crippen LogP contribution >= 0.6 is 0 Å². The molecule has 0 atom stereocenters. The first kappa shape index (κ1) is 20.0. The Kier molecular flexibility index (Phi) is 6.11. The van der Waals surface area contributed by atoms with Crippen LogP contribution in [-0.4, -0.2) is 29.5 Å². The number of benzene rings is 1. The monoisotopic (exact) mass is 400 g/mol. The predicted molar refractivity (Wildman–Crippen MR) is 107 cm³/mol. The van der Waals surface area contributed by atoms with Gasteiger partial charge in [-0.05, 0) is 42.3 Å². The Morgan fingerprint density at radius 2 is 1.79 bits per heavy atom. The molecule has 0 bridgehead atoms. The SMILES string of the molecule is CC(C)c1nc(CCN)n(Cc2ccncc2)c1S(=O)(=O)Oc1ccccc1. The van der Waals surface area contributed by atoms with Crippen molar-refractivity contribution in [2.24, 2.45) is 5.73 Å². The van der Waals surface area contributed by atoms with Crippen molar-refractivity contribution < 1.29 is 12.6 Å².